The minimum Gasteiger partial charge on any atom is -0.395 e. The Morgan fingerprint density at radius 2 is 1.94 bits per heavy atom. The topological polar surface area (TPSA) is 94.6 Å². The summed E-state index contributed by atoms with van der Waals surface area (Å²) in [4.78, 5) is 6.08. The maximum Gasteiger partial charge on any atom is 0.140 e. The third-order valence-corrected chi connectivity index (χ3v) is 2.62. The van der Waals surface area contributed by atoms with Crippen molar-refractivity contribution in [1.82, 2.24) is 9.88 Å². The highest BCUT2D eigenvalue weighted by atomic mass is 35.5. The van der Waals surface area contributed by atoms with Gasteiger partial charge in [0.15, 0.2) is 0 Å². The maximum absolute atomic E-state index is 8.90. The molecule has 6 nitrogen and oxygen atoms in total. The lowest BCUT2D eigenvalue weighted by Gasteiger charge is -2.20. The zero-order chi connectivity index (χ0) is 12.7. The van der Waals surface area contributed by atoms with Gasteiger partial charge < -0.3 is 15.6 Å². The summed E-state index contributed by atoms with van der Waals surface area (Å²) in [6.45, 7) is 1.41. The summed E-state index contributed by atoms with van der Waals surface area (Å²) in [6, 6.07) is 3.38. The number of aliphatic hydroxyl groups excluding tert-OH is 2. The quantitative estimate of drug-likeness (QED) is 0.401. The van der Waals surface area contributed by atoms with E-state index in [0.717, 1.165) is 0 Å². The predicted molar refractivity (Wildman–Crippen MR) is 66.5 cm³/mol. The number of nitrogens with one attached hydrogen (secondary N) is 1. The Bertz CT molecular complexity index is 345. The number of rotatable bonds is 7. The van der Waals surface area contributed by atoms with Gasteiger partial charge in [0.2, 0.25) is 0 Å². The molecule has 1 aromatic heterocycles. The third-order valence-electron chi connectivity index (χ3n) is 2.27. The Morgan fingerprint density at radius 3 is 2.47 bits per heavy atom. The van der Waals surface area contributed by atoms with Crippen molar-refractivity contribution in [3.05, 3.63) is 22.8 Å². The average Bonchev–Trinajstić information content (AvgIpc) is 2.32. The van der Waals surface area contributed by atoms with E-state index in [0.29, 0.717) is 36.2 Å². The third kappa shape index (κ3) is 4.45. The Kier molecular flexibility index (Phi) is 6.17. The van der Waals surface area contributed by atoms with Crippen LogP contribution >= 0.6 is 11.6 Å². The molecule has 17 heavy (non-hydrogen) atoms. The van der Waals surface area contributed by atoms with E-state index in [4.69, 9.17) is 27.7 Å². The number of halogens is 1. The number of nitrogen functional groups attached to an aromatic ring is 1. The fourth-order valence-electron chi connectivity index (χ4n) is 1.44. The van der Waals surface area contributed by atoms with Crippen LogP contribution in [0.3, 0.4) is 0 Å². The minimum absolute atomic E-state index is 0.0203. The van der Waals surface area contributed by atoms with Crippen molar-refractivity contribution in [2.75, 3.05) is 31.7 Å². The van der Waals surface area contributed by atoms with E-state index in [1.54, 1.807) is 12.1 Å². The fourth-order valence-corrected chi connectivity index (χ4v) is 1.61. The van der Waals surface area contributed by atoms with Gasteiger partial charge in [0.1, 0.15) is 5.82 Å². The molecule has 0 unspecified atom stereocenters. The summed E-state index contributed by atoms with van der Waals surface area (Å²) in [6.07, 6.45) is 0. The fraction of sp³-hybridized carbons (Fsp3) is 0.500. The van der Waals surface area contributed by atoms with Crippen molar-refractivity contribution in [3.63, 3.8) is 0 Å². The molecular weight excluding hydrogens is 244 g/mol. The largest absolute Gasteiger partial charge is 0.395 e. The molecule has 0 saturated carbocycles. The Morgan fingerprint density at radius 1 is 1.29 bits per heavy atom. The molecule has 1 heterocycles. The van der Waals surface area contributed by atoms with Crippen molar-refractivity contribution < 1.29 is 10.2 Å². The summed E-state index contributed by atoms with van der Waals surface area (Å²) in [5, 5.41) is 18.3. The molecule has 0 saturated heterocycles. The molecular formula is C10H17ClN4O2. The van der Waals surface area contributed by atoms with Crippen LogP contribution in [0.2, 0.25) is 5.02 Å². The molecule has 7 heteroatoms. The lowest BCUT2D eigenvalue weighted by atomic mass is 10.3. The van der Waals surface area contributed by atoms with Crippen LogP contribution < -0.4 is 11.3 Å². The summed E-state index contributed by atoms with van der Waals surface area (Å²) in [5.41, 5.74) is 3.10. The van der Waals surface area contributed by atoms with Crippen molar-refractivity contribution >= 4 is 17.4 Å². The standard InChI is InChI=1S/C10H17ClN4O2/c11-8-1-2-10(14-12)13-9(8)7-15(3-5-16)4-6-17/h1-2,16-17H,3-7,12H2,(H,13,14). The van der Waals surface area contributed by atoms with Crippen LogP contribution in [0.5, 0.6) is 0 Å². The zero-order valence-corrected chi connectivity index (χ0v) is 10.2. The molecule has 0 spiro atoms. The first kappa shape index (κ1) is 14.1. The second kappa shape index (κ2) is 7.41. The van der Waals surface area contributed by atoms with E-state index in [9.17, 15) is 0 Å². The van der Waals surface area contributed by atoms with Crippen LogP contribution in [0.1, 0.15) is 5.69 Å². The molecule has 0 amide bonds. The summed E-state index contributed by atoms with van der Waals surface area (Å²) in [7, 11) is 0. The van der Waals surface area contributed by atoms with E-state index < -0.39 is 0 Å². The Hall–Kier alpha value is -0.920. The summed E-state index contributed by atoms with van der Waals surface area (Å²) < 4.78 is 0. The van der Waals surface area contributed by atoms with Crippen LogP contribution in [-0.4, -0.2) is 46.4 Å². The van der Waals surface area contributed by atoms with Crippen LogP contribution in [0, 0.1) is 0 Å². The first-order valence-corrected chi connectivity index (χ1v) is 5.65. The van der Waals surface area contributed by atoms with Crippen LogP contribution in [-0.2, 0) is 6.54 Å². The smallest absolute Gasteiger partial charge is 0.140 e. The molecule has 0 aliphatic heterocycles. The van der Waals surface area contributed by atoms with Crippen molar-refractivity contribution in [1.29, 1.82) is 0 Å². The number of aromatic nitrogens is 1. The van der Waals surface area contributed by atoms with Gasteiger partial charge in [-0.3, -0.25) is 4.90 Å². The van der Waals surface area contributed by atoms with Gasteiger partial charge in [-0.15, -0.1) is 0 Å². The lowest BCUT2D eigenvalue weighted by Crippen LogP contribution is -2.30. The number of nitrogens with two attached hydrogens (primary N) is 1. The molecule has 0 fully saturated rings. The maximum atomic E-state index is 8.90. The van der Waals surface area contributed by atoms with Gasteiger partial charge in [-0.25, -0.2) is 10.8 Å². The summed E-state index contributed by atoms with van der Waals surface area (Å²) >= 11 is 6.01. The molecule has 96 valence electrons. The van der Waals surface area contributed by atoms with E-state index in [1.807, 2.05) is 4.90 Å². The summed E-state index contributed by atoms with van der Waals surface area (Å²) in [5.74, 6) is 5.79. The highest BCUT2D eigenvalue weighted by Crippen LogP contribution is 2.17. The van der Waals surface area contributed by atoms with E-state index in [1.165, 1.54) is 0 Å². The second-order valence-electron chi connectivity index (χ2n) is 3.49. The zero-order valence-electron chi connectivity index (χ0n) is 9.43. The normalized spacial score (nSPS) is 10.9. The van der Waals surface area contributed by atoms with Crippen LogP contribution in [0.15, 0.2) is 12.1 Å². The van der Waals surface area contributed by atoms with Gasteiger partial charge in [-0.1, -0.05) is 11.6 Å². The minimum atomic E-state index is 0.0203. The lowest BCUT2D eigenvalue weighted by molar-refractivity contribution is 0.155. The van der Waals surface area contributed by atoms with Crippen molar-refractivity contribution in [2.45, 2.75) is 6.54 Å². The average molecular weight is 261 g/mol. The van der Waals surface area contributed by atoms with Gasteiger partial charge in [-0.05, 0) is 12.1 Å². The van der Waals surface area contributed by atoms with Crippen molar-refractivity contribution in [3.8, 4) is 0 Å². The highest BCUT2D eigenvalue weighted by Gasteiger charge is 2.09. The second-order valence-corrected chi connectivity index (χ2v) is 3.90. The number of hydrogen-bond donors (Lipinski definition) is 4. The molecule has 0 bridgehead atoms. The number of hydrogen-bond acceptors (Lipinski definition) is 6. The molecule has 0 radical (unpaired) electrons. The number of aliphatic hydroxyl groups is 2. The molecule has 5 N–H and O–H groups in total. The molecule has 1 rings (SSSR count). The number of nitrogens with zero attached hydrogens (tertiary/aromatic N) is 2. The van der Waals surface area contributed by atoms with Gasteiger partial charge in [-0.2, -0.15) is 0 Å². The van der Waals surface area contributed by atoms with E-state index >= 15 is 0 Å². The number of anilines is 1. The SMILES string of the molecule is NNc1ccc(Cl)c(CN(CCO)CCO)n1. The van der Waals surface area contributed by atoms with Crippen molar-refractivity contribution in [2.24, 2.45) is 5.84 Å². The Balaban J connectivity index is 2.76. The Labute approximate surface area is 105 Å². The number of pyridine rings is 1. The van der Waals surface area contributed by atoms with Gasteiger partial charge >= 0.3 is 0 Å². The molecule has 1 aromatic rings. The van der Waals surface area contributed by atoms with Gasteiger partial charge in [0, 0.05) is 19.6 Å². The predicted octanol–water partition coefficient (Wildman–Crippen LogP) is -0.193. The van der Waals surface area contributed by atoms with Crippen LogP contribution in [0.4, 0.5) is 5.82 Å². The van der Waals surface area contributed by atoms with Gasteiger partial charge in [0.05, 0.1) is 23.9 Å². The molecule has 0 atom stereocenters. The first-order valence-electron chi connectivity index (χ1n) is 5.27. The first-order chi connectivity index (χ1) is 8.21. The molecule has 0 aliphatic rings. The molecule has 0 aromatic carbocycles. The van der Waals surface area contributed by atoms with Gasteiger partial charge in [0.25, 0.3) is 0 Å². The molecule has 0 aliphatic carbocycles. The highest BCUT2D eigenvalue weighted by molar-refractivity contribution is 6.31. The van der Waals surface area contributed by atoms with E-state index in [-0.39, 0.29) is 13.2 Å². The number of hydrazine groups is 1. The van der Waals surface area contributed by atoms with Crippen LogP contribution in [0.25, 0.3) is 0 Å². The monoisotopic (exact) mass is 260 g/mol. The van der Waals surface area contributed by atoms with E-state index in [2.05, 4.69) is 10.4 Å².